The van der Waals surface area contributed by atoms with Crippen LogP contribution in [0.2, 0.25) is 5.15 Å². The summed E-state index contributed by atoms with van der Waals surface area (Å²) in [5.41, 5.74) is 3.54. The molecule has 3 aromatic heterocycles. The van der Waals surface area contributed by atoms with Crippen molar-refractivity contribution in [2.45, 2.75) is 39.3 Å². The minimum atomic E-state index is -1.00. The molecule has 32 heavy (non-hydrogen) atoms. The number of benzene rings is 1. The summed E-state index contributed by atoms with van der Waals surface area (Å²) in [6.45, 7) is 2.42. The van der Waals surface area contributed by atoms with Crippen molar-refractivity contribution in [3.05, 3.63) is 75.0 Å². The maximum Gasteiger partial charge on any atom is 0.336 e. The third-order valence-corrected chi connectivity index (χ3v) is 6.45. The largest absolute Gasteiger partial charge is 0.478 e. The van der Waals surface area contributed by atoms with Crippen LogP contribution in [0.1, 0.15) is 47.2 Å². The number of pyridine rings is 1. The van der Waals surface area contributed by atoms with Crippen molar-refractivity contribution in [2.75, 3.05) is 0 Å². The fraction of sp³-hybridized carbons (Fsp3) is 0.261. The highest BCUT2D eigenvalue weighted by Crippen LogP contribution is 2.32. The highest BCUT2D eigenvalue weighted by Gasteiger charge is 2.19. The van der Waals surface area contributed by atoms with Gasteiger partial charge in [-0.25, -0.2) is 14.8 Å². The molecule has 0 aliphatic heterocycles. The lowest BCUT2D eigenvalue weighted by Gasteiger charge is -2.11. The maximum atomic E-state index is 11.7. The molecular weight excluding hydrogens is 496 g/mol. The molecule has 0 atom stereocenters. The van der Waals surface area contributed by atoms with E-state index >= 15 is 0 Å². The van der Waals surface area contributed by atoms with E-state index in [0.29, 0.717) is 38.9 Å². The summed E-state index contributed by atoms with van der Waals surface area (Å²) in [6.07, 6.45) is 4.69. The molecule has 0 spiro atoms. The fourth-order valence-corrected chi connectivity index (χ4v) is 4.62. The van der Waals surface area contributed by atoms with Gasteiger partial charge in [0.2, 0.25) is 0 Å². The standard InChI is InChI=1S/C23H22BrClN4O3/c1-2-3-8-18-27-22(25)17(13-30)29(18)12-14-9-10-28-19(11-14)26-20(21(28)24)15-6-4-5-7-16(15)23(31)32/h4-7,9-11,30H,2-3,8,12-13H2,1H3,(H,31,32). The van der Waals surface area contributed by atoms with E-state index < -0.39 is 5.97 Å². The Balaban J connectivity index is 1.75. The first kappa shape index (κ1) is 22.5. The van der Waals surface area contributed by atoms with Gasteiger partial charge >= 0.3 is 5.97 Å². The molecular formula is C23H22BrClN4O3. The Morgan fingerprint density at radius 1 is 1.22 bits per heavy atom. The van der Waals surface area contributed by atoms with Gasteiger partial charge in [0.15, 0.2) is 5.15 Å². The number of hydrogen-bond acceptors (Lipinski definition) is 4. The van der Waals surface area contributed by atoms with E-state index in [2.05, 4.69) is 27.8 Å². The van der Waals surface area contributed by atoms with Gasteiger partial charge < -0.3 is 14.8 Å². The monoisotopic (exact) mass is 516 g/mol. The highest BCUT2D eigenvalue weighted by molar-refractivity contribution is 9.10. The Morgan fingerprint density at radius 3 is 2.72 bits per heavy atom. The molecule has 166 valence electrons. The molecule has 0 saturated carbocycles. The van der Waals surface area contributed by atoms with Gasteiger partial charge in [-0.15, -0.1) is 0 Å². The number of aromatic carboxylic acids is 1. The molecule has 2 N–H and O–H groups in total. The highest BCUT2D eigenvalue weighted by atomic mass is 79.9. The average Bonchev–Trinajstić information content (AvgIpc) is 3.27. The lowest BCUT2D eigenvalue weighted by atomic mass is 10.1. The number of halogens is 2. The third kappa shape index (κ3) is 4.18. The van der Waals surface area contributed by atoms with Gasteiger partial charge in [-0.2, -0.15) is 0 Å². The van der Waals surface area contributed by atoms with Gasteiger partial charge in [-0.05, 0) is 46.1 Å². The average molecular weight is 518 g/mol. The van der Waals surface area contributed by atoms with Crippen molar-refractivity contribution in [1.29, 1.82) is 0 Å². The van der Waals surface area contributed by atoms with Crippen LogP contribution in [0.4, 0.5) is 0 Å². The van der Waals surface area contributed by atoms with Crippen LogP contribution < -0.4 is 0 Å². The van der Waals surface area contributed by atoms with E-state index in [9.17, 15) is 15.0 Å². The summed E-state index contributed by atoms with van der Waals surface area (Å²) >= 11 is 9.83. The zero-order valence-electron chi connectivity index (χ0n) is 17.4. The molecule has 9 heteroatoms. The lowest BCUT2D eigenvalue weighted by molar-refractivity contribution is 0.0697. The van der Waals surface area contributed by atoms with Crippen molar-refractivity contribution in [3.8, 4) is 11.3 Å². The van der Waals surface area contributed by atoms with E-state index in [1.165, 1.54) is 0 Å². The third-order valence-electron chi connectivity index (χ3n) is 5.39. The van der Waals surface area contributed by atoms with Gasteiger partial charge in [0.25, 0.3) is 0 Å². The zero-order valence-corrected chi connectivity index (χ0v) is 19.8. The molecule has 0 bridgehead atoms. The predicted octanol–water partition coefficient (Wildman–Crippen LogP) is 5.20. The molecule has 7 nitrogen and oxygen atoms in total. The van der Waals surface area contributed by atoms with E-state index in [0.717, 1.165) is 30.7 Å². The number of carboxylic acid groups (broad SMARTS) is 1. The Morgan fingerprint density at radius 2 is 2.00 bits per heavy atom. The quantitative estimate of drug-likeness (QED) is 0.335. The summed E-state index contributed by atoms with van der Waals surface area (Å²) < 4.78 is 4.50. The van der Waals surface area contributed by atoms with Crippen LogP contribution in [0, 0.1) is 0 Å². The number of carboxylic acids is 1. The molecule has 4 rings (SSSR count). The molecule has 0 saturated heterocycles. The van der Waals surface area contributed by atoms with E-state index in [1.54, 1.807) is 24.3 Å². The van der Waals surface area contributed by atoms with E-state index in [1.807, 2.05) is 27.3 Å². The number of aryl methyl sites for hydroxylation is 1. The summed E-state index contributed by atoms with van der Waals surface area (Å²) in [5.74, 6) is -0.153. The van der Waals surface area contributed by atoms with Gasteiger partial charge in [0, 0.05) is 24.7 Å². The molecule has 0 aliphatic carbocycles. The Hall–Kier alpha value is -2.68. The second-order valence-corrected chi connectivity index (χ2v) is 8.59. The Kier molecular flexibility index (Phi) is 6.64. The molecule has 0 aliphatic rings. The molecule has 0 amide bonds. The number of aliphatic hydroxyl groups is 1. The summed E-state index contributed by atoms with van der Waals surface area (Å²) in [6, 6.07) is 10.7. The van der Waals surface area contributed by atoms with Crippen molar-refractivity contribution >= 4 is 39.1 Å². The summed E-state index contributed by atoms with van der Waals surface area (Å²) in [7, 11) is 0. The van der Waals surface area contributed by atoms with Gasteiger partial charge in [0.1, 0.15) is 21.8 Å². The van der Waals surface area contributed by atoms with Gasteiger partial charge in [0.05, 0.1) is 17.9 Å². The topological polar surface area (TPSA) is 92.7 Å². The molecule has 0 fully saturated rings. The second-order valence-electron chi connectivity index (χ2n) is 7.48. The predicted molar refractivity (Wildman–Crippen MR) is 126 cm³/mol. The summed E-state index contributed by atoms with van der Waals surface area (Å²) in [5, 5.41) is 19.7. The fourth-order valence-electron chi connectivity index (χ4n) is 3.75. The van der Waals surface area contributed by atoms with Gasteiger partial charge in [-0.3, -0.25) is 4.40 Å². The number of imidazole rings is 2. The first-order valence-corrected chi connectivity index (χ1v) is 11.5. The number of rotatable bonds is 8. The van der Waals surface area contributed by atoms with Gasteiger partial charge in [-0.1, -0.05) is 43.1 Å². The van der Waals surface area contributed by atoms with Crippen LogP contribution >= 0.6 is 27.5 Å². The molecule has 1 aromatic carbocycles. The number of hydrogen-bond donors (Lipinski definition) is 2. The summed E-state index contributed by atoms with van der Waals surface area (Å²) in [4.78, 5) is 20.8. The van der Waals surface area contributed by atoms with Crippen molar-refractivity contribution in [2.24, 2.45) is 0 Å². The smallest absolute Gasteiger partial charge is 0.336 e. The normalized spacial score (nSPS) is 11.4. The minimum absolute atomic E-state index is 0.189. The van der Waals surface area contributed by atoms with Crippen molar-refractivity contribution in [1.82, 2.24) is 18.9 Å². The van der Waals surface area contributed by atoms with Crippen LogP contribution in [0.15, 0.2) is 47.2 Å². The lowest BCUT2D eigenvalue weighted by Crippen LogP contribution is -2.09. The first-order valence-electron chi connectivity index (χ1n) is 10.3. The van der Waals surface area contributed by atoms with E-state index in [4.69, 9.17) is 16.6 Å². The Labute approximate surface area is 198 Å². The van der Waals surface area contributed by atoms with Crippen LogP contribution in [0.25, 0.3) is 16.9 Å². The number of nitrogens with zero attached hydrogens (tertiary/aromatic N) is 4. The van der Waals surface area contributed by atoms with Crippen LogP contribution in [-0.2, 0) is 19.6 Å². The van der Waals surface area contributed by atoms with Crippen LogP contribution in [0.5, 0.6) is 0 Å². The molecule has 4 aromatic rings. The van der Waals surface area contributed by atoms with Crippen molar-refractivity contribution < 1.29 is 15.0 Å². The number of fused-ring (bicyclic) bond motifs is 1. The van der Waals surface area contributed by atoms with Crippen LogP contribution in [-0.4, -0.2) is 35.1 Å². The second kappa shape index (κ2) is 9.44. The first-order chi connectivity index (χ1) is 15.4. The maximum absolute atomic E-state index is 11.7. The zero-order chi connectivity index (χ0) is 22.8. The molecule has 3 heterocycles. The van der Waals surface area contributed by atoms with E-state index in [-0.39, 0.29) is 12.2 Å². The molecule has 0 radical (unpaired) electrons. The number of aromatic nitrogens is 4. The molecule has 0 unspecified atom stereocenters. The number of carbonyl (C=O) groups is 1. The SMILES string of the molecule is CCCCc1nc(Cl)c(CO)n1Cc1ccn2c(Br)c(-c3ccccc3C(=O)O)nc2c1. The van der Waals surface area contributed by atoms with Crippen molar-refractivity contribution in [3.63, 3.8) is 0 Å². The Bertz CT molecular complexity index is 1300. The minimum Gasteiger partial charge on any atom is -0.478 e. The number of aliphatic hydroxyl groups excluding tert-OH is 1. The van der Waals surface area contributed by atoms with Crippen LogP contribution in [0.3, 0.4) is 0 Å². The number of unbranched alkanes of at least 4 members (excludes halogenated alkanes) is 1.